The molecule has 4 heteroatoms. The van der Waals surface area contributed by atoms with Gasteiger partial charge in [0.25, 0.3) is 0 Å². The Kier molecular flexibility index (Phi) is 4.49. The Morgan fingerprint density at radius 1 is 1.33 bits per heavy atom. The minimum Gasteiger partial charge on any atom is -0.466 e. The summed E-state index contributed by atoms with van der Waals surface area (Å²) in [4.78, 5) is 24.4. The van der Waals surface area contributed by atoms with E-state index >= 15 is 0 Å². The minimum atomic E-state index is -0.306. The SMILES string of the molecule is CCOC(=O)CCC(=O)c1ccc(C)s1. The molecule has 0 amide bonds. The van der Waals surface area contributed by atoms with E-state index in [2.05, 4.69) is 0 Å². The van der Waals surface area contributed by atoms with Crippen LogP contribution in [0.25, 0.3) is 0 Å². The number of thiophene rings is 1. The molecule has 0 aromatic carbocycles. The average molecular weight is 226 g/mol. The summed E-state index contributed by atoms with van der Waals surface area (Å²) in [6, 6.07) is 3.70. The number of ether oxygens (including phenoxy) is 1. The van der Waals surface area contributed by atoms with Crippen molar-refractivity contribution < 1.29 is 14.3 Å². The van der Waals surface area contributed by atoms with Gasteiger partial charge in [-0.15, -0.1) is 11.3 Å². The molecular weight excluding hydrogens is 212 g/mol. The highest BCUT2D eigenvalue weighted by Gasteiger charge is 2.11. The van der Waals surface area contributed by atoms with Crippen molar-refractivity contribution in [2.75, 3.05) is 6.61 Å². The molecule has 1 rings (SSSR count). The molecule has 0 unspecified atom stereocenters. The number of rotatable bonds is 5. The highest BCUT2D eigenvalue weighted by Crippen LogP contribution is 2.17. The lowest BCUT2D eigenvalue weighted by atomic mass is 10.2. The van der Waals surface area contributed by atoms with E-state index in [0.29, 0.717) is 6.61 Å². The molecule has 0 atom stereocenters. The molecule has 15 heavy (non-hydrogen) atoms. The van der Waals surface area contributed by atoms with Crippen LogP contribution in [-0.4, -0.2) is 18.4 Å². The fraction of sp³-hybridized carbons (Fsp3) is 0.455. The zero-order chi connectivity index (χ0) is 11.3. The van der Waals surface area contributed by atoms with Crippen LogP contribution in [0.3, 0.4) is 0 Å². The number of Topliss-reactive ketones (excluding diaryl/α,β-unsaturated/α-hetero) is 1. The highest BCUT2D eigenvalue weighted by molar-refractivity contribution is 7.14. The van der Waals surface area contributed by atoms with E-state index in [0.717, 1.165) is 9.75 Å². The molecule has 0 radical (unpaired) electrons. The molecule has 0 spiro atoms. The lowest BCUT2D eigenvalue weighted by Crippen LogP contribution is -2.07. The number of esters is 1. The number of carbonyl (C=O) groups excluding carboxylic acids is 2. The van der Waals surface area contributed by atoms with Gasteiger partial charge in [0.15, 0.2) is 5.78 Å². The molecule has 0 aliphatic carbocycles. The van der Waals surface area contributed by atoms with Crippen LogP contribution >= 0.6 is 11.3 Å². The average Bonchev–Trinajstić information content (AvgIpc) is 2.62. The summed E-state index contributed by atoms with van der Waals surface area (Å²) in [6.07, 6.45) is 0.405. The van der Waals surface area contributed by atoms with Crippen molar-refractivity contribution in [1.29, 1.82) is 0 Å². The van der Waals surface area contributed by atoms with Gasteiger partial charge in [0, 0.05) is 11.3 Å². The molecule has 0 aliphatic rings. The minimum absolute atomic E-state index is 0.0150. The number of ketones is 1. The van der Waals surface area contributed by atoms with Crippen molar-refractivity contribution in [3.63, 3.8) is 0 Å². The maximum atomic E-state index is 11.6. The lowest BCUT2D eigenvalue weighted by molar-refractivity contribution is -0.143. The van der Waals surface area contributed by atoms with Gasteiger partial charge in [-0.05, 0) is 26.0 Å². The van der Waals surface area contributed by atoms with Crippen LogP contribution in [0.1, 0.15) is 34.3 Å². The summed E-state index contributed by atoms with van der Waals surface area (Å²) in [7, 11) is 0. The van der Waals surface area contributed by atoms with E-state index in [1.54, 1.807) is 13.0 Å². The molecular formula is C11H14O3S. The van der Waals surface area contributed by atoms with Crippen molar-refractivity contribution in [3.05, 3.63) is 21.9 Å². The first-order chi connectivity index (χ1) is 7.13. The molecule has 0 fully saturated rings. The summed E-state index contributed by atoms with van der Waals surface area (Å²) >= 11 is 1.46. The molecule has 1 aromatic rings. The topological polar surface area (TPSA) is 43.4 Å². The number of hydrogen-bond acceptors (Lipinski definition) is 4. The van der Waals surface area contributed by atoms with Crippen molar-refractivity contribution in [3.8, 4) is 0 Å². The molecule has 1 aromatic heterocycles. The van der Waals surface area contributed by atoms with Crippen LogP contribution in [0.4, 0.5) is 0 Å². The normalized spacial score (nSPS) is 10.0. The standard InChI is InChI=1S/C11H14O3S/c1-3-14-11(13)7-5-9(12)10-6-4-8(2)15-10/h4,6H,3,5,7H2,1-2H3. The molecule has 0 saturated heterocycles. The van der Waals surface area contributed by atoms with E-state index in [4.69, 9.17) is 4.74 Å². The summed E-state index contributed by atoms with van der Waals surface area (Å²) in [6.45, 7) is 4.07. The highest BCUT2D eigenvalue weighted by atomic mass is 32.1. The van der Waals surface area contributed by atoms with Gasteiger partial charge in [-0.3, -0.25) is 9.59 Å². The predicted octanol–water partition coefficient (Wildman–Crippen LogP) is 2.58. The molecule has 0 bridgehead atoms. The van der Waals surface area contributed by atoms with Crippen molar-refractivity contribution in [2.24, 2.45) is 0 Å². The van der Waals surface area contributed by atoms with Crippen LogP contribution in [0.15, 0.2) is 12.1 Å². The van der Waals surface area contributed by atoms with Gasteiger partial charge < -0.3 is 4.74 Å². The van der Waals surface area contributed by atoms with Gasteiger partial charge in [0.2, 0.25) is 0 Å². The van der Waals surface area contributed by atoms with Crippen LogP contribution in [-0.2, 0) is 9.53 Å². The smallest absolute Gasteiger partial charge is 0.306 e. The lowest BCUT2D eigenvalue weighted by Gasteiger charge is -1.99. The predicted molar refractivity (Wildman–Crippen MR) is 59.3 cm³/mol. The fourth-order valence-corrected chi connectivity index (χ4v) is 1.99. The van der Waals surface area contributed by atoms with Gasteiger partial charge in [-0.25, -0.2) is 0 Å². The summed E-state index contributed by atoms with van der Waals surface area (Å²) < 4.78 is 4.75. The quantitative estimate of drug-likeness (QED) is 0.572. The Morgan fingerprint density at radius 3 is 2.60 bits per heavy atom. The van der Waals surface area contributed by atoms with Gasteiger partial charge in [-0.1, -0.05) is 0 Å². The fourth-order valence-electron chi connectivity index (χ4n) is 1.16. The molecule has 0 N–H and O–H groups in total. The Morgan fingerprint density at radius 2 is 2.07 bits per heavy atom. The molecule has 0 aliphatic heterocycles. The Balaban J connectivity index is 2.40. The van der Waals surface area contributed by atoms with Crippen molar-refractivity contribution in [1.82, 2.24) is 0 Å². The summed E-state index contributed by atoms with van der Waals surface area (Å²) in [5, 5.41) is 0. The molecule has 1 heterocycles. The first-order valence-corrected chi connectivity index (χ1v) is 5.70. The Hall–Kier alpha value is -1.16. The first-order valence-electron chi connectivity index (χ1n) is 4.88. The van der Waals surface area contributed by atoms with E-state index in [1.165, 1.54) is 11.3 Å². The second-order valence-electron chi connectivity index (χ2n) is 3.14. The third-order valence-electron chi connectivity index (χ3n) is 1.88. The van der Waals surface area contributed by atoms with E-state index < -0.39 is 0 Å². The monoisotopic (exact) mass is 226 g/mol. The summed E-state index contributed by atoms with van der Waals surface area (Å²) in [5.41, 5.74) is 0. The van der Waals surface area contributed by atoms with Crippen LogP contribution < -0.4 is 0 Å². The van der Waals surface area contributed by atoms with E-state index in [9.17, 15) is 9.59 Å². The van der Waals surface area contributed by atoms with E-state index in [-0.39, 0.29) is 24.6 Å². The molecule has 82 valence electrons. The summed E-state index contributed by atoms with van der Waals surface area (Å²) in [5.74, 6) is -0.291. The van der Waals surface area contributed by atoms with Gasteiger partial charge >= 0.3 is 5.97 Å². The second-order valence-corrected chi connectivity index (χ2v) is 4.43. The van der Waals surface area contributed by atoms with Crippen molar-refractivity contribution in [2.45, 2.75) is 26.7 Å². The van der Waals surface area contributed by atoms with E-state index in [1.807, 2.05) is 13.0 Å². The maximum Gasteiger partial charge on any atom is 0.306 e. The zero-order valence-corrected chi connectivity index (χ0v) is 9.73. The third kappa shape index (κ3) is 3.83. The van der Waals surface area contributed by atoms with Crippen LogP contribution in [0, 0.1) is 6.92 Å². The van der Waals surface area contributed by atoms with Gasteiger partial charge in [0.1, 0.15) is 0 Å². The van der Waals surface area contributed by atoms with Gasteiger partial charge in [0.05, 0.1) is 17.9 Å². The third-order valence-corrected chi connectivity index (χ3v) is 2.92. The molecule has 3 nitrogen and oxygen atoms in total. The van der Waals surface area contributed by atoms with Gasteiger partial charge in [-0.2, -0.15) is 0 Å². The number of carbonyl (C=O) groups is 2. The Labute approximate surface area is 93.1 Å². The maximum absolute atomic E-state index is 11.6. The second kappa shape index (κ2) is 5.66. The first kappa shape index (κ1) is 11.9. The van der Waals surface area contributed by atoms with Crippen LogP contribution in [0.2, 0.25) is 0 Å². The molecule has 0 saturated carbocycles. The number of aryl methyl sites for hydroxylation is 1. The Bertz CT molecular complexity index is 354. The largest absolute Gasteiger partial charge is 0.466 e. The van der Waals surface area contributed by atoms with Crippen LogP contribution in [0.5, 0.6) is 0 Å². The van der Waals surface area contributed by atoms with Crippen molar-refractivity contribution >= 4 is 23.1 Å². The number of hydrogen-bond donors (Lipinski definition) is 0. The zero-order valence-electron chi connectivity index (χ0n) is 8.91.